The summed E-state index contributed by atoms with van der Waals surface area (Å²) in [5.74, 6) is -0.374. The molecule has 1 aliphatic heterocycles. The van der Waals surface area contributed by atoms with E-state index in [9.17, 15) is 9.18 Å². The van der Waals surface area contributed by atoms with Gasteiger partial charge in [-0.2, -0.15) is 0 Å². The maximum absolute atomic E-state index is 13.2. The Morgan fingerprint density at radius 2 is 2.15 bits per heavy atom. The zero-order valence-corrected chi connectivity index (χ0v) is 16.4. The van der Waals surface area contributed by atoms with Gasteiger partial charge in [0, 0.05) is 19.7 Å². The van der Waals surface area contributed by atoms with E-state index in [0.717, 1.165) is 39.0 Å². The van der Waals surface area contributed by atoms with Crippen molar-refractivity contribution in [1.82, 2.24) is 9.88 Å². The van der Waals surface area contributed by atoms with Gasteiger partial charge in [-0.15, -0.1) is 11.3 Å². The number of benzene rings is 1. The Morgan fingerprint density at radius 3 is 2.88 bits per heavy atom. The number of hydrogen-bond donors (Lipinski definition) is 1. The first-order valence-electron chi connectivity index (χ1n) is 8.53. The van der Waals surface area contributed by atoms with Crippen LogP contribution < -0.4 is 5.32 Å². The van der Waals surface area contributed by atoms with Crippen LogP contribution in [0.4, 0.5) is 4.39 Å². The predicted octanol–water partition coefficient (Wildman–Crippen LogP) is 4.56. The van der Waals surface area contributed by atoms with Crippen LogP contribution in [0.25, 0.3) is 10.2 Å². The van der Waals surface area contributed by atoms with Crippen LogP contribution in [0, 0.1) is 5.82 Å². The highest BCUT2D eigenvalue weighted by atomic mass is 79.9. The summed E-state index contributed by atoms with van der Waals surface area (Å²) in [6.07, 6.45) is 2.14. The summed E-state index contributed by atoms with van der Waals surface area (Å²) in [5, 5.41) is 2.99. The van der Waals surface area contributed by atoms with Crippen molar-refractivity contribution in [2.75, 3.05) is 13.2 Å². The Balaban J connectivity index is 1.61. The van der Waals surface area contributed by atoms with Gasteiger partial charge in [0.15, 0.2) is 0 Å². The van der Waals surface area contributed by atoms with Gasteiger partial charge in [-0.1, -0.05) is 12.1 Å². The van der Waals surface area contributed by atoms with E-state index in [1.807, 2.05) is 16.7 Å². The van der Waals surface area contributed by atoms with Crippen LogP contribution in [0.15, 0.2) is 40.2 Å². The third-order valence-corrected chi connectivity index (χ3v) is 6.13. The van der Waals surface area contributed by atoms with Crippen LogP contribution in [0.5, 0.6) is 0 Å². The van der Waals surface area contributed by atoms with Crippen LogP contribution in [0.1, 0.15) is 28.9 Å². The molecule has 1 N–H and O–H groups in total. The molecule has 0 aliphatic carbocycles. The molecule has 0 saturated carbocycles. The maximum Gasteiger partial charge on any atom is 0.268 e. The van der Waals surface area contributed by atoms with E-state index in [-0.39, 0.29) is 17.8 Å². The van der Waals surface area contributed by atoms with Gasteiger partial charge >= 0.3 is 0 Å². The minimum Gasteiger partial charge on any atom is -0.376 e. The van der Waals surface area contributed by atoms with Gasteiger partial charge in [-0.05, 0) is 58.6 Å². The number of rotatable bonds is 5. The molecule has 136 valence electrons. The van der Waals surface area contributed by atoms with Gasteiger partial charge in [-0.25, -0.2) is 4.39 Å². The molecule has 3 heterocycles. The number of hydrogen-bond acceptors (Lipinski definition) is 3. The quantitative estimate of drug-likeness (QED) is 0.636. The molecule has 3 aromatic rings. The first-order valence-corrected chi connectivity index (χ1v) is 10.1. The second-order valence-electron chi connectivity index (χ2n) is 6.39. The summed E-state index contributed by atoms with van der Waals surface area (Å²) in [6.45, 7) is 1.80. The number of ether oxygens (including phenoxy) is 1. The van der Waals surface area contributed by atoms with Crippen molar-refractivity contribution in [3.05, 3.63) is 57.3 Å². The minimum atomic E-state index is -0.265. The van der Waals surface area contributed by atoms with E-state index < -0.39 is 0 Å². The van der Waals surface area contributed by atoms with Crippen molar-refractivity contribution in [3.8, 4) is 0 Å². The van der Waals surface area contributed by atoms with E-state index in [0.29, 0.717) is 18.8 Å². The average molecular weight is 437 g/mol. The molecule has 26 heavy (non-hydrogen) atoms. The molecular formula is C19H18BrFN2O2S. The highest BCUT2D eigenvalue weighted by Crippen LogP contribution is 2.33. The Bertz CT molecular complexity index is 929. The zero-order chi connectivity index (χ0) is 18.1. The summed E-state index contributed by atoms with van der Waals surface area (Å²) < 4.78 is 22.8. The topological polar surface area (TPSA) is 43.3 Å². The molecule has 1 fully saturated rings. The molecule has 1 aliphatic rings. The molecule has 2 aromatic heterocycles. The van der Waals surface area contributed by atoms with Crippen molar-refractivity contribution in [2.45, 2.75) is 25.5 Å². The first-order chi connectivity index (χ1) is 12.6. The number of amides is 1. The lowest BCUT2D eigenvalue weighted by Gasteiger charge is -2.13. The number of halogens is 2. The van der Waals surface area contributed by atoms with Crippen molar-refractivity contribution in [2.24, 2.45) is 0 Å². The van der Waals surface area contributed by atoms with Gasteiger partial charge in [-0.3, -0.25) is 4.79 Å². The molecule has 7 heteroatoms. The molecule has 0 unspecified atom stereocenters. The lowest BCUT2D eigenvalue weighted by molar-refractivity contribution is 0.0851. The largest absolute Gasteiger partial charge is 0.376 e. The Hall–Kier alpha value is -1.70. The molecule has 1 atom stereocenters. The van der Waals surface area contributed by atoms with Crippen molar-refractivity contribution in [3.63, 3.8) is 0 Å². The molecule has 1 aromatic carbocycles. The lowest BCUT2D eigenvalue weighted by Crippen LogP contribution is -2.33. The van der Waals surface area contributed by atoms with Gasteiger partial charge in [0.25, 0.3) is 5.91 Å². The summed E-state index contributed by atoms with van der Waals surface area (Å²) in [5.41, 5.74) is 2.55. The monoisotopic (exact) mass is 436 g/mol. The van der Waals surface area contributed by atoms with E-state index >= 15 is 0 Å². The molecule has 4 rings (SSSR count). The number of fused-ring (bicyclic) bond motifs is 1. The third-order valence-electron chi connectivity index (χ3n) is 4.56. The van der Waals surface area contributed by atoms with Gasteiger partial charge in [0.1, 0.15) is 11.5 Å². The van der Waals surface area contributed by atoms with E-state index in [1.165, 1.54) is 12.1 Å². The van der Waals surface area contributed by atoms with E-state index in [1.54, 1.807) is 23.5 Å². The van der Waals surface area contributed by atoms with Crippen LogP contribution in [0.3, 0.4) is 0 Å². The highest BCUT2D eigenvalue weighted by molar-refractivity contribution is 9.11. The smallest absolute Gasteiger partial charge is 0.268 e. The highest BCUT2D eigenvalue weighted by Gasteiger charge is 2.20. The molecule has 0 radical (unpaired) electrons. The molecule has 1 amide bonds. The van der Waals surface area contributed by atoms with Crippen LogP contribution in [0.2, 0.25) is 0 Å². The fourth-order valence-electron chi connectivity index (χ4n) is 3.24. The number of nitrogens with one attached hydrogen (secondary N) is 1. The van der Waals surface area contributed by atoms with Gasteiger partial charge < -0.3 is 14.6 Å². The minimum absolute atomic E-state index is 0.106. The van der Waals surface area contributed by atoms with Crippen LogP contribution in [-0.4, -0.2) is 29.7 Å². The average Bonchev–Trinajstić information content (AvgIpc) is 3.32. The predicted molar refractivity (Wildman–Crippen MR) is 104 cm³/mol. The summed E-state index contributed by atoms with van der Waals surface area (Å²) in [6, 6.07) is 10.3. The number of carbonyl (C=O) groups excluding carboxylic acids is 1. The Kier molecular flexibility index (Phi) is 5.11. The molecule has 0 spiro atoms. The molecule has 4 nitrogen and oxygen atoms in total. The third kappa shape index (κ3) is 3.70. The Morgan fingerprint density at radius 1 is 1.35 bits per heavy atom. The van der Waals surface area contributed by atoms with E-state index in [4.69, 9.17) is 4.74 Å². The second-order valence-corrected chi connectivity index (χ2v) is 8.85. The lowest BCUT2D eigenvalue weighted by atomic mass is 10.2. The number of thiophene rings is 1. The molecule has 1 saturated heterocycles. The van der Waals surface area contributed by atoms with Crippen molar-refractivity contribution in [1.29, 1.82) is 0 Å². The first kappa shape index (κ1) is 17.7. The fraction of sp³-hybridized carbons (Fsp3) is 0.316. The van der Waals surface area contributed by atoms with Crippen LogP contribution in [-0.2, 0) is 11.3 Å². The SMILES string of the molecule is O=C(NC[C@@H]1CCCO1)c1cc2sc(Br)cc2n1Cc1ccc(F)cc1. The molecular weight excluding hydrogens is 419 g/mol. The summed E-state index contributed by atoms with van der Waals surface area (Å²) >= 11 is 5.10. The summed E-state index contributed by atoms with van der Waals surface area (Å²) in [7, 11) is 0. The second kappa shape index (κ2) is 7.50. The van der Waals surface area contributed by atoms with Crippen molar-refractivity contribution < 1.29 is 13.9 Å². The van der Waals surface area contributed by atoms with Gasteiger partial charge in [0.2, 0.25) is 0 Å². The Labute approximate surface area is 163 Å². The van der Waals surface area contributed by atoms with E-state index in [2.05, 4.69) is 21.2 Å². The van der Waals surface area contributed by atoms with Gasteiger partial charge in [0.05, 0.1) is 20.1 Å². The normalized spacial score (nSPS) is 17.1. The number of carbonyl (C=O) groups is 1. The maximum atomic E-state index is 13.2. The number of aromatic nitrogens is 1. The van der Waals surface area contributed by atoms with Crippen LogP contribution >= 0.6 is 27.3 Å². The molecule has 0 bridgehead atoms. The fourth-order valence-corrected chi connectivity index (χ4v) is 4.81. The summed E-state index contributed by atoms with van der Waals surface area (Å²) in [4.78, 5) is 12.8. The standard InChI is InChI=1S/C19H18BrFN2O2S/c20-18-9-15-17(26-18)8-16(19(24)22-10-14-2-1-7-25-14)23(15)11-12-3-5-13(21)6-4-12/h3-6,8-9,14H,1-2,7,10-11H2,(H,22,24)/t14-/m0/s1. The zero-order valence-electron chi connectivity index (χ0n) is 14.0. The van der Waals surface area contributed by atoms with Crippen molar-refractivity contribution >= 4 is 43.4 Å². The number of nitrogens with zero attached hydrogens (tertiary/aromatic N) is 1.